The largest absolute Gasteiger partial charge is 0.352 e. The first-order valence-corrected chi connectivity index (χ1v) is 5.87. The van der Waals surface area contributed by atoms with Gasteiger partial charge in [-0.1, -0.05) is 0 Å². The molecule has 0 radical (unpaired) electrons. The van der Waals surface area contributed by atoms with E-state index in [1.54, 1.807) is 12.1 Å². The Labute approximate surface area is 109 Å². The summed E-state index contributed by atoms with van der Waals surface area (Å²) in [6, 6.07) is 5.83. The first-order chi connectivity index (χ1) is 9.04. The minimum atomic E-state index is -0.326. The number of amides is 1. The summed E-state index contributed by atoms with van der Waals surface area (Å²) in [5, 5.41) is 14.4. The van der Waals surface area contributed by atoms with Gasteiger partial charge in [-0.05, 0) is 43.3 Å². The molecule has 0 saturated carbocycles. The Bertz CT molecular complexity index is 564. The van der Waals surface area contributed by atoms with Gasteiger partial charge in [0.15, 0.2) is 0 Å². The number of tetrazole rings is 1. The van der Waals surface area contributed by atoms with Crippen molar-refractivity contribution in [3.63, 3.8) is 0 Å². The predicted octanol–water partition coefficient (Wildman–Crippen LogP) is 1.00. The van der Waals surface area contributed by atoms with Crippen molar-refractivity contribution in [2.24, 2.45) is 0 Å². The van der Waals surface area contributed by atoms with Crippen LogP contribution in [0.5, 0.6) is 0 Å². The number of halogens is 1. The SMILES string of the molecule is CC(C)NC(=O)Cn1nnc(-c2ccc(F)cc2)n1. The van der Waals surface area contributed by atoms with Crippen LogP contribution in [0.2, 0.25) is 0 Å². The zero-order chi connectivity index (χ0) is 13.8. The van der Waals surface area contributed by atoms with Crippen LogP contribution >= 0.6 is 0 Å². The molecule has 0 atom stereocenters. The first-order valence-electron chi connectivity index (χ1n) is 5.87. The maximum absolute atomic E-state index is 12.8. The standard InChI is InChI=1S/C12H14FN5O/c1-8(2)14-11(19)7-18-16-12(15-17-18)9-3-5-10(13)6-4-9/h3-6,8H,7H2,1-2H3,(H,14,19). The van der Waals surface area contributed by atoms with Crippen molar-refractivity contribution in [2.75, 3.05) is 0 Å². The molecule has 0 aliphatic rings. The molecule has 0 spiro atoms. The Kier molecular flexibility index (Phi) is 3.84. The lowest BCUT2D eigenvalue weighted by atomic mass is 10.2. The van der Waals surface area contributed by atoms with E-state index >= 15 is 0 Å². The van der Waals surface area contributed by atoms with Gasteiger partial charge in [0.05, 0.1) is 0 Å². The molecule has 1 amide bonds. The Morgan fingerprint density at radius 3 is 2.68 bits per heavy atom. The molecule has 0 unspecified atom stereocenters. The summed E-state index contributed by atoms with van der Waals surface area (Å²) >= 11 is 0. The van der Waals surface area contributed by atoms with Gasteiger partial charge in [0.2, 0.25) is 11.7 Å². The molecular weight excluding hydrogens is 249 g/mol. The molecule has 19 heavy (non-hydrogen) atoms. The summed E-state index contributed by atoms with van der Waals surface area (Å²) in [5.41, 5.74) is 0.650. The minimum absolute atomic E-state index is 0.00632. The topological polar surface area (TPSA) is 72.7 Å². The molecule has 1 aromatic carbocycles. The second-order valence-corrected chi connectivity index (χ2v) is 4.37. The molecule has 6 nitrogen and oxygen atoms in total. The highest BCUT2D eigenvalue weighted by atomic mass is 19.1. The van der Waals surface area contributed by atoms with Crippen LogP contribution in [0.15, 0.2) is 24.3 Å². The normalized spacial score (nSPS) is 10.7. The Morgan fingerprint density at radius 1 is 1.37 bits per heavy atom. The molecule has 0 fully saturated rings. The van der Waals surface area contributed by atoms with Crippen molar-refractivity contribution in [3.8, 4) is 11.4 Å². The first kappa shape index (κ1) is 13.1. The van der Waals surface area contributed by atoms with Crippen molar-refractivity contribution in [3.05, 3.63) is 30.1 Å². The second-order valence-electron chi connectivity index (χ2n) is 4.37. The van der Waals surface area contributed by atoms with Crippen LogP contribution < -0.4 is 5.32 Å². The third-order valence-corrected chi connectivity index (χ3v) is 2.29. The van der Waals surface area contributed by atoms with Crippen LogP contribution in [0.25, 0.3) is 11.4 Å². The fourth-order valence-electron chi connectivity index (χ4n) is 1.52. The zero-order valence-electron chi connectivity index (χ0n) is 10.7. The molecule has 7 heteroatoms. The predicted molar refractivity (Wildman–Crippen MR) is 66.5 cm³/mol. The number of carbonyl (C=O) groups excluding carboxylic acids is 1. The number of nitrogens with one attached hydrogen (secondary N) is 1. The van der Waals surface area contributed by atoms with E-state index in [2.05, 4.69) is 20.7 Å². The van der Waals surface area contributed by atoms with Crippen LogP contribution in [0.3, 0.4) is 0 Å². The van der Waals surface area contributed by atoms with Crippen LogP contribution in [0.1, 0.15) is 13.8 Å². The van der Waals surface area contributed by atoms with Gasteiger partial charge in [-0.3, -0.25) is 4.79 Å². The lowest BCUT2D eigenvalue weighted by Gasteiger charge is -2.06. The molecule has 2 aromatic rings. The lowest BCUT2D eigenvalue weighted by molar-refractivity contribution is -0.122. The number of carbonyl (C=O) groups is 1. The molecule has 1 heterocycles. The monoisotopic (exact) mass is 263 g/mol. The quantitative estimate of drug-likeness (QED) is 0.893. The molecule has 2 rings (SSSR count). The van der Waals surface area contributed by atoms with Crippen molar-refractivity contribution in [1.82, 2.24) is 25.5 Å². The number of hydrogen-bond donors (Lipinski definition) is 1. The van der Waals surface area contributed by atoms with Gasteiger partial charge in [0, 0.05) is 11.6 Å². The van der Waals surface area contributed by atoms with Crippen molar-refractivity contribution in [2.45, 2.75) is 26.4 Å². The van der Waals surface area contributed by atoms with E-state index in [4.69, 9.17) is 0 Å². The van der Waals surface area contributed by atoms with E-state index in [9.17, 15) is 9.18 Å². The van der Waals surface area contributed by atoms with Crippen LogP contribution in [-0.4, -0.2) is 32.2 Å². The van der Waals surface area contributed by atoms with E-state index in [1.165, 1.54) is 16.9 Å². The Morgan fingerprint density at radius 2 is 2.05 bits per heavy atom. The van der Waals surface area contributed by atoms with E-state index in [1.807, 2.05) is 13.8 Å². The number of benzene rings is 1. The van der Waals surface area contributed by atoms with Gasteiger partial charge in [-0.15, -0.1) is 10.2 Å². The fraction of sp³-hybridized carbons (Fsp3) is 0.333. The average molecular weight is 263 g/mol. The van der Waals surface area contributed by atoms with Gasteiger partial charge in [-0.2, -0.15) is 4.80 Å². The summed E-state index contributed by atoms with van der Waals surface area (Å²) in [4.78, 5) is 12.7. The molecule has 1 N–H and O–H groups in total. The molecule has 0 bridgehead atoms. The van der Waals surface area contributed by atoms with E-state index in [0.29, 0.717) is 11.4 Å². The number of aromatic nitrogens is 4. The number of nitrogens with zero attached hydrogens (tertiary/aromatic N) is 4. The summed E-state index contributed by atoms with van der Waals surface area (Å²) in [7, 11) is 0. The van der Waals surface area contributed by atoms with Crippen molar-refractivity contribution < 1.29 is 9.18 Å². The highest BCUT2D eigenvalue weighted by Crippen LogP contribution is 2.13. The number of rotatable bonds is 4. The molecule has 0 aliphatic heterocycles. The van der Waals surface area contributed by atoms with Crippen LogP contribution in [-0.2, 0) is 11.3 Å². The zero-order valence-corrected chi connectivity index (χ0v) is 10.7. The summed E-state index contributed by atoms with van der Waals surface area (Å²) in [6.07, 6.45) is 0. The maximum atomic E-state index is 12.8. The molecule has 0 aliphatic carbocycles. The highest BCUT2D eigenvalue weighted by molar-refractivity contribution is 5.75. The van der Waals surface area contributed by atoms with Gasteiger partial charge in [0.25, 0.3) is 0 Å². The smallest absolute Gasteiger partial charge is 0.243 e. The Hall–Kier alpha value is -2.31. The molecule has 1 aromatic heterocycles. The molecular formula is C12H14FN5O. The van der Waals surface area contributed by atoms with E-state index in [-0.39, 0.29) is 24.3 Å². The van der Waals surface area contributed by atoms with Gasteiger partial charge in [-0.25, -0.2) is 4.39 Å². The summed E-state index contributed by atoms with van der Waals surface area (Å²) in [6.45, 7) is 3.75. The highest BCUT2D eigenvalue weighted by Gasteiger charge is 2.09. The second kappa shape index (κ2) is 5.55. The fourth-order valence-corrected chi connectivity index (χ4v) is 1.52. The van der Waals surface area contributed by atoms with Crippen LogP contribution in [0.4, 0.5) is 4.39 Å². The van der Waals surface area contributed by atoms with Gasteiger partial charge < -0.3 is 5.32 Å². The third kappa shape index (κ3) is 3.57. The summed E-state index contributed by atoms with van der Waals surface area (Å²) in [5.74, 6) is -0.150. The minimum Gasteiger partial charge on any atom is -0.352 e. The van der Waals surface area contributed by atoms with E-state index in [0.717, 1.165) is 0 Å². The van der Waals surface area contributed by atoms with Crippen molar-refractivity contribution in [1.29, 1.82) is 0 Å². The van der Waals surface area contributed by atoms with Crippen LogP contribution in [0, 0.1) is 5.82 Å². The molecule has 100 valence electrons. The Balaban J connectivity index is 2.07. The number of hydrogen-bond acceptors (Lipinski definition) is 4. The van der Waals surface area contributed by atoms with E-state index < -0.39 is 0 Å². The maximum Gasteiger partial charge on any atom is 0.243 e. The molecule has 0 saturated heterocycles. The summed E-state index contributed by atoms with van der Waals surface area (Å²) < 4.78 is 12.8. The third-order valence-electron chi connectivity index (χ3n) is 2.29. The average Bonchev–Trinajstić information content (AvgIpc) is 2.77. The lowest BCUT2D eigenvalue weighted by Crippen LogP contribution is -2.33. The van der Waals surface area contributed by atoms with Gasteiger partial charge in [0.1, 0.15) is 12.4 Å². The van der Waals surface area contributed by atoms with Crippen molar-refractivity contribution >= 4 is 5.91 Å². The van der Waals surface area contributed by atoms with Gasteiger partial charge >= 0.3 is 0 Å².